The molecule has 0 amide bonds. The molecular formula is C25H35NO3. The Morgan fingerprint density at radius 1 is 1.31 bits per heavy atom. The zero-order valence-corrected chi connectivity index (χ0v) is 18.1. The molecule has 7 unspecified atom stereocenters. The fourth-order valence-electron chi connectivity index (χ4n) is 6.42. The average molecular weight is 398 g/mol. The highest BCUT2D eigenvalue weighted by Gasteiger charge is 2.69. The lowest BCUT2D eigenvalue weighted by Crippen LogP contribution is -2.61. The Bertz CT molecular complexity index is 776. The van der Waals surface area contributed by atoms with E-state index in [1.165, 1.54) is 0 Å². The van der Waals surface area contributed by atoms with Gasteiger partial charge in [0.2, 0.25) is 0 Å². The van der Waals surface area contributed by atoms with E-state index in [2.05, 4.69) is 27.7 Å². The Balaban J connectivity index is 1.63. The Labute approximate surface area is 174 Å². The van der Waals surface area contributed by atoms with Gasteiger partial charge in [0.15, 0.2) is 0 Å². The third kappa shape index (κ3) is 3.55. The predicted molar refractivity (Wildman–Crippen MR) is 115 cm³/mol. The Kier molecular flexibility index (Phi) is 5.37. The molecule has 4 rings (SSSR count). The van der Waals surface area contributed by atoms with Crippen molar-refractivity contribution in [1.82, 2.24) is 0 Å². The first-order valence-corrected chi connectivity index (χ1v) is 11.1. The molecule has 0 radical (unpaired) electrons. The Hall–Kier alpha value is -1.65. The van der Waals surface area contributed by atoms with Crippen molar-refractivity contribution in [1.29, 1.82) is 0 Å². The fourth-order valence-corrected chi connectivity index (χ4v) is 6.42. The quantitative estimate of drug-likeness (QED) is 0.584. The van der Waals surface area contributed by atoms with Crippen molar-refractivity contribution in [3.8, 4) is 0 Å². The number of carbonyl (C=O) groups excluding carboxylic acids is 1. The van der Waals surface area contributed by atoms with Crippen LogP contribution in [0, 0.1) is 23.7 Å². The number of nitrogens with two attached hydrogens (primary N) is 1. The molecule has 1 saturated carbocycles. The average Bonchev–Trinajstić information content (AvgIpc) is 3.15. The van der Waals surface area contributed by atoms with E-state index in [-0.39, 0.29) is 23.7 Å². The first kappa shape index (κ1) is 20.6. The van der Waals surface area contributed by atoms with E-state index in [1.807, 2.05) is 36.4 Å². The highest BCUT2D eigenvalue weighted by molar-refractivity contribution is 5.87. The van der Waals surface area contributed by atoms with Gasteiger partial charge in [0.1, 0.15) is 11.7 Å². The van der Waals surface area contributed by atoms with E-state index >= 15 is 0 Å². The summed E-state index contributed by atoms with van der Waals surface area (Å²) in [6.45, 7) is 8.91. The second kappa shape index (κ2) is 7.55. The molecule has 2 N–H and O–H groups in total. The van der Waals surface area contributed by atoms with E-state index in [4.69, 9.17) is 15.2 Å². The van der Waals surface area contributed by atoms with Gasteiger partial charge in [-0.15, -0.1) is 0 Å². The summed E-state index contributed by atoms with van der Waals surface area (Å²) in [5, 5.41) is 0. The molecule has 158 valence electrons. The number of benzene rings is 1. The lowest BCUT2D eigenvalue weighted by Gasteiger charge is -2.52. The molecule has 0 spiro atoms. The molecule has 1 aliphatic carbocycles. The van der Waals surface area contributed by atoms with Gasteiger partial charge in [-0.3, -0.25) is 0 Å². The summed E-state index contributed by atoms with van der Waals surface area (Å²) in [4.78, 5) is 12.8. The number of fused-ring (bicyclic) bond motifs is 4. The minimum atomic E-state index is -0.474. The highest BCUT2D eigenvalue weighted by Crippen LogP contribution is 2.61. The normalized spacial score (nSPS) is 41.1. The van der Waals surface area contributed by atoms with Crippen LogP contribution in [0.5, 0.6) is 0 Å². The highest BCUT2D eigenvalue weighted by atomic mass is 16.6. The first-order valence-electron chi connectivity index (χ1n) is 11.1. The summed E-state index contributed by atoms with van der Waals surface area (Å²) in [5.41, 5.74) is 6.87. The number of ether oxygens (including phenoxy) is 2. The van der Waals surface area contributed by atoms with Gasteiger partial charge in [0.25, 0.3) is 0 Å². The van der Waals surface area contributed by atoms with E-state index < -0.39 is 5.60 Å². The topological polar surface area (TPSA) is 61.6 Å². The summed E-state index contributed by atoms with van der Waals surface area (Å²) < 4.78 is 13.0. The fraction of sp³-hybridized carbons (Fsp3) is 0.640. The van der Waals surface area contributed by atoms with Crippen LogP contribution in [0.15, 0.2) is 36.4 Å². The molecule has 4 nitrogen and oxygen atoms in total. The molecule has 2 heterocycles. The molecule has 2 bridgehead atoms. The van der Waals surface area contributed by atoms with Gasteiger partial charge in [0, 0.05) is 18.0 Å². The van der Waals surface area contributed by atoms with Crippen molar-refractivity contribution >= 4 is 12.0 Å². The van der Waals surface area contributed by atoms with Gasteiger partial charge < -0.3 is 15.2 Å². The number of hydrogen-bond acceptors (Lipinski definition) is 4. The monoisotopic (exact) mass is 397 g/mol. The van der Waals surface area contributed by atoms with Crippen molar-refractivity contribution in [2.75, 3.05) is 0 Å². The van der Waals surface area contributed by atoms with Crippen LogP contribution >= 0.6 is 0 Å². The minimum absolute atomic E-state index is 0.0115. The van der Waals surface area contributed by atoms with Crippen molar-refractivity contribution in [3.05, 3.63) is 42.0 Å². The van der Waals surface area contributed by atoms with Crippen molar-refractivity contribution in [2.24, 2.45) is 29.4 Å². The molecule has 3 fully saturated rings. The maximum Gasteiger partial charge on any atom is 0.331 e. The standard InChI is InChI=1S/C25H35NO3/c1-16(2)14-25-15-20(26)24(4,29-25)19-12-10-17(3)22(19)23(25)28-21(27)13-11-18-8-6-5-7-9-18/h5-9,11,13,16-17,19-20,22-23H,10,12,14-15,26H2,1-4H3/b13-11+. The number of carbonyl (C=O) groups is 1. The molecule has 1 aromatic rings. The van der Waals surface area contributed by atoms with Gasteiger partial charge in [-0.1, -0.05) is 51.1 Å². The predicted octanol–water partition coefficient (Wildman–Crippen LogP) is 4.58. The smallest absolute Gasteiger partial charge is 0.331 e. The summed E-state index contributed by atoms with van der Waals surface area (Å²) in [6.07, 6.45) is 7.02. The maximum atomic E-state index is 12.8. The van der Waals surface area contributed by atoms with Crippen molar-refractivity contribution < 1.29 is 14.3 Å². The summed E-state index contributed by atoms with van der Waals surface area (Å²) in [5.74, 6) is 1.34. The molecule has 7 atom stereocenters. The van der Waals surface area contributed by atoms with Crippen LogP contribution in [0.1, 0.15) is 58.9 Å². The largest absolute Gasteiger partial charge is 0.456 e. The van der Waals surface area contributed by atoms with Crippen LogP contribution in [-0.2, 0) is 14.3 Å². The lowest BCUT2D eigenvalue weighted by atomic mass is 9.70. The van der Waals surface area contributed by atoms with Crippen LogP contribution < -0.4 is 5.73 Å². The van der Waals surface area contributed by atoms with Gasteiger partial charge >= 0.3 is 5.97 Å². The summed E-state index contributed by atoms with van der Waals surface area (Å²) in [6, 6.07) is 9.83. The zero-order valence-electron chi connectivity index (χ0n) is 18.1. The van der Waals surface area contributed by atoms with Crippen molar-refractivity contribution in [3.63, 3.8) is 0 Å². The van der Waals surface area contributed by atoms with Crippen molar-refractivity contribution in [2.45, 2.75) is 76.7 Å². The first-order chi connectivity index (χ1) is 13.7. The molecule has 2 aliphatic heterocycles. The van der Waals surface area contributed by atoms with E-state index in [0.29, 0.717) is 23.7 Å². The number of hydrogen-bond donors (Lipinski definition) is 1. The Morgan fingerprint density at radius 3 is 2.72 bits per heavy atom. The molecule has 29 heavy (non-hydrogen) atoms. The molecule has 3 aliphatic rings. The molecule has 1 aromatic carbocycles. The van der Waals surface area contributed by atoms with Gasteiger partial charge in [-0.2, -0.15) is 0 Å². The lowest BCUT2D eigenvalue weighted by molar-refractivity contribution is -0.249. The third-order valence-electron chi connectivity index (χ3n) is 7.59. The van der Waals surface area contributed by atoms with Gasteiger partial charge in [0.05, 0.1) is 5.60 Å². The SMILES string of the molecule is CC(C)CC12CC(N)C(C)(O1)C1CCC(C)C1C2OC(=O)/C=C/c1ccccc1. The third-order valence-corrected chi connectivity index (χ3v) is 7.59. The van der Waals surface area contributed by atoms with E-state index in [1.54, 1.807) is 6.08 Å². The molecule has 2 saturated heterocycles. The summed E-state index contributed by atoms with van der Waals surface area (Å²) in [7, 11) is 0. The van der Waals surface area contributed by atoms with Crippen LogP contribution in [-0.4, -0.2) is 29.3 Å². The van der Waals surface area contributed by atoms with Gasteiger partial charge in [-0.05, 0) is 62.0 Å². The zero-order chi connectivity index (χ0) is 20.8. The van der Waals surface area contributed by atoms with Crippen LogP contribution in [0.4, 0.5) is 0 Å². The van der Waals surface area contributed by atoms with E-state index in [0.717, 1.165) is 31.2 Å². The minimum Gasteiger partial charge on any atom is -0.456 e. The number of rotatable bonds is 5. The second-order valence-electron chi connectivity index (χ2n) is 10.1. The Morgan fingerprint density at radius 2 is 2.03 bits per heavy atom. The van der Waals surface area contributed by atoms with Gasteiger partial charge in [-0.25, -0.2) is 4.79 Å². The second-order valence-corrected chi connectivity index (χ2v) is 10.1. The molecular weight excluding hydrogens is 362 g/mol. The maximum absolute atomic E-state index is 12.8. The van der Waals surface area contributed by atoms with Crippen LogP contribution in [0.25, 0.3) is 6.08 Å². The summed E-state index contributed by atoms with van der Waals surface area (Å²) >= 11 is 0. The van der Waals surface area contributed by atoms with Crippen LogP contribution in [0.2, 0.25) is 0 Å². The molecule has 0 aromatic heterocycles. The number of esters is 1. The van der Waals surface area contributed by atoms with Crippen LogP contribution in [0.3, 0.4) is 0 Å². The van der Waals surface area contributed by atoms with E-state index in [9.17, 15) is 4.79 Å². The molecule has 4 heteroatoms.